The zero-order valence-corrected chi connectivity index (χ0v) is 9.26. The molecule has 0 atom stereocenters. The number of benzene rings is 1. The van der Waals surface area contributed by atoms with Crippen molar-refractivity contribution in [3.8, 4) is 11.8 Å². The van der Waals surface area contributed by atoms with Crippen molar-refractivity contribution in [2.75, 3.05) is 0 Å². The van der Waals surface area contributed by atoms with Gasteiger partial charge in [-0.05, 0) is 34.8 Å². The van der Waals surface area contributed by atoms with Gasteiger partial charge in [-0.3, -0.25) is 0 Å². The Labute approximate surface area is 97.5 Å². The van der Waals surface area contributed by atoms with E-state index in [2.05, 4.69) is 10.4 Å². The number of hydrogen-bond donors (Lipinski definition) is 0. The molecule has 0 unspecified atom stereocenters. The fourth-order valence-electron chi connectivity index (χ4n) is 1.30. The number of tetrazole rings is 1. The smallest absolute Gasteiger partial charge is 0.217 e. The largest absolute Gasteiger partial charge is 0.220 e. The molecule has 0 N–H and O–H groups in total. The summed E-state index contributed by atoms with van der Waals surface area (Å²) in [6.07, 6.45) is 0.377. The van der Waals surface area contributed by atoms with Crippen molar-refractivity contribution in [3.05, 3.63) is 35.1 Å². The van der Waals surface area contributed by atoms with Crippen molar-refractivity contribution >= 4 is 12.2 Å². The highest BCUT2D eigenvalue weighted by Gasteiger charge is 2.04. The second kappa shape index (κ2) is 4.68. The maximum atomic E-state index is 8.49. The van der Waals surface area contributed by atoms with Crippen LogP contribution in [-0.2, 0) is 6.54 Å². The van der Waals surface area contributed by atoms with Crippen molar-refractivity contribution in [1.29, 1.82) is 5.26 Å². The molecule has 0 aliphatic heterocycles. The molecule has 5 nitrogen and oxygen atoms in total. The van der Waals surface area contributed by atoms with Crippen LogP contribution in [0.4, 0.5) is 0 Å². The van der Waals surface area contributed by atoms with Crippen LogP contribution < -0.4 is 0 Å². The van der Waals surface area contributed by atoms with Crippen LogP contribution in [0.1, 0.15) is 6.42 Å². The van der Waals surface area contributed by atoms with Crippen molar-refractivity contribution in [2.24, 2.45) is 0 Å². The molecule has 2 rings (SSSR count). The quantitative estimate of drug-likeness (QED) is 0.754. The van der Waals surface area contributed by atoms with Gasteiger partial charge >= 0.3 is 0 Å². The Morgan fingerprint density at radius 2 is 2.00 bits per heavy atom. The maximum Gasteiger partial charge on any atom is 0.220 e. The molecule has 16 heavy (non-hydrogen) atoms. The molecule has 0 saturated carbocycles. The summed E-state index contributed by atoms with van der Waals surface area (Å²) < 4.78 is 3.62. The van der Waals surface area contributed by atoms with Crippen molar-refractivity contribution in [2.45, 2.75) is 13.0 Å². The number of nitriles is 1. The van der Waals surface area contributed by atoms with Gasteiger partial charge in [0.1, 0.15) is 0 Å². The minimum atomic E-state index is 0.377. The van der Waals surface area contributed by atoms with Gasteiger partial charge in [0.2, 0.25) is 4.77 Å². The van der Waals surface area contributed by atoms with Crippen molar-refractivity contribution in [3.63, 3.8) is 0 Å². The van der Waals surface area contributed by atoms with Gasteiger partial charge in [0, 0.05) is 0 Å². The second-order valence-corrected chi connectivity index (χ2v) is 3.51. The first-order chi connectivity index (χ1) is 7.83. The molecular formula is C10H9N5S. The number of aryl methyl sites for hydroxylation is 1. The minimum absolute atomic E-state index is 0.377. The zero-order chi connectivity index (χ0) is 11.4. The highest BCUT2D eigenvalue weighted by molar-refractivity contribution is 7.71. The van der Waals surface area contributed by atoms with E-state index in [1.165, 1.54) is 0 Å². The topological polar surface area (TPSA) is 59.4 Å². The van der Waals surface area contributed by atoms with Gasteiger partial charge in [-0.2, -0.15) is 9.94 Å². The highest BCUT2D eigenvalue weighted by atomic mass is 32.1. The van der Waals surface area contributed by atoms with Gasteiger partial charge in [0.25, 0.3) is 0 Å². The van der Waals surface area contributed by atoms with Crippen molar-refractivity contribution in [1.82, 2.24) is 19.8 Å². The molecule has 0 amide bonds. The zero-order valence-electron chi connectivity index (χ0n) is 8.45. The van der Waals surface area contributed by atoms with E-state index in [0.717, 1.165) is 5.69 Å². The van der Waals surface area contributed by atoms with Crippen LogP contribution in [-0.4, -0.2) is 19.8 Å². The molecule has 6 heteroatoms. The van der Waals surface area contributed by atoms with Crippen LogP contribution in [0.5, 0.6) is 0 Å². The summed E-state index contributed by atoms with van der Waals surface area (Å²) in [5.74, 6) is 0. The van der Waals surface area contributed by atoms with Gasteiger partial charge < -0.3 is 0 Å². The summed E-state index contributed by atoms with van der Waals surface area (Å²) in [4.78, 5) is 0. The van der Waals surface area contributed by atoms with Crippen LogP contribution in [0.3, 0.4) is 0 Å². The summed E-state index contributed by atoms with van der Waals surface area (Å²) >= 11 is 5.21. The second-order valence-electron chi connectivity index (χ2n) is 3.14. The first-order valence-electron chi connectivity index (χ1n) is 4.78. The summed E-state index contributed by atoms with van der Waals surface area (Å²) in [6.45, 7) is 0.474. The molecule has 2 aromatic rings. The first-order valence-corrected chi connectivity index (χ1v) is 5.19. The lowest BCUT2D eigenvalue weighted by Crippen LogP contribution is -2.01. The van der Waals surface area contributed by atoms with Gasteiger partial charge in [0.05, 0.1) is 24.7 Å². The third kappa shape index (κ3) is 1.99. The Kier molecular flexibility index (Phi) is 3.08. The summed E-state index contributed by atoms with van der Waals surface area (Å²) in [6, 6.07) is 11.6. The van der Waals surface area contributed by atoms with Crippen LogP contribution in [0, 0.1) is 16.1 Å². The number of aromatic nitrogens is 4. The normalized spacial score (nSPS) is 9.94. The van der Waals surface area contributed by atoms with Crippen LogP contribution in [0.2, 0.25) is 0 Å². The van der Waals surface area contributed by atoms with Gasteiger partial charge in [0.15, 0.2) is 0 Å². The lowest BCUT2D eigenvalue weighted by molar-refractivity contribution is 0.593. The lowest BCUT2D eigenvalue weighted by Gasteiger charge is -1.97. The molecule has 0 aliphatic rings. The average molecular weight is 231 g/mol. The van der Waals surface area contributed by atoms with E-state index in [0.29, 0.717) is 17.7 Å². The molecule has 1 aromatic heterocycles. The molecule has 0 radical (unpaired) electrons. The molecule has 0 aliphatic carbocycles. The third-order valence-corrected chi connectivity index (χ3v) is 2.46. The van der Waals surface area contributed by atoms with Crippen LogP contribution >= 0.6 is 12.2 Å². The monoisotopic (exact) mass is 231 g/mol. The maximum absolute atomic E-state index is 8.49. The number of hydrogen-bond acceptors (Lipinski definition) is 4. The predicted molar refractivity (Wildman–Crippen MR) is 60.4 cm³/mol. The Bertz CT molecular complexity index is 563. The molecular weight excluding hydrogens is 222 g/mol. The molecule has 0 fully saturated rings. The summed E-state index contributed by atoms with van der Waals surface area (Å²) in [5.41, 5.74) is 0.871. The Balaban J connectivity index is 2.35. The molecule has 80 valence electrons. The molecule has 0 saturated heterocycles. The van der Waals surface area contributed by atoms with E-state index in [-0.39, 0.29) is 0 Å². The third-order valence-electron chi connectivity index (χ3n) is 2.08. The van der Waals surface area contributed by atoms with E-state index in [9.17, 15) is 0 Å². The Morgan fingerprint density at radius 1 is 1.25 bits per heavy atom. The fraction of sp³-hybridized carbons (Fsp3) is 0.200. The summed E-state index contributed by atoms with van der Waals surface area (Å²) in [7, 11) is 0. The van der Waals surface area contributed by atoms with Gasteiger partial charge in [-0.15, -0.1) is 0 Å². The molecule has 0 spiro atoms. The molecule has 0 bridgehead atoms. The average Bonchev–Trinajstić information content (AvgIpc) is 2.69. The highest BCUT2D eigenvalue weighted by Crippen LogP contribution is 2.05. The Hall–Kier alpha value is -2.00. The molecule has 1 heterocycles. The van der Waals surface area contributed by atoms with E-state index in [1.807, 2.05) is 36.4 Å². The van der Waals surface area contributed by atoms with Gasteiger partial charge in [-0.25, -0.2) is 4.68 Å². The van der Waals surface area contributed by atoms with E-state index in [4.69, 9.17) is 17.5 Å². The first kappa shape index (κ1) is 10.5. The van der Waals surface area contributed by atoms with E-state index >= 15 is 0 Å². The van der Waals surface area contributed by atoms with Crippen LogP contribution in [0.25, 0.3) is 5.69 Å². The fourth-order valence-corrected chi connectivity index (χ4v) is 1.57. The number of para-hydroxylation sites is 1. The Morgan fingerprint density at radius 3 is 2.69 bits per heavy atom. The standard InChI is InChI=1S/C10H9N5S/c11-7-4-8-14-10(16)15(13-12-14)9-5-2-1-3-6-9/h1-3,5-6H,4,8H2. The van der Waals surface area contributed by atoms with Gasteiger partial charge in [-0.1, -0.05) is 18.2 Å². The molecule has 1 aromatic carbocycles. The number of rotatable bonds is 3. The minimum Gasteiger partial charge on any atom is -0.217 e. The lowest BCUT2D eigenvalue weighted by atomic mass is 10.3. The SMILES string of the molecule is N#CCCn1nnn(-c2ccccc2)c1=S. The van der Waals surface area contributed by atoms with Crippen molar-refractivity contribution < 1.29 is 0 Å². The predicted octanol–water partition coefficient (Wildman–Crippen LogP) is 1.71. The van der Waals surface area contributed by atoms with E-state index in [1.54, 1.807) is 9.36 Å². The summed E-state index contributed by atoms with van der Waals surface area (Å²) in [5, 5.41) is 16.3. The van der Waals surface area contributed by atoms with Crippen LogP contribution in [0.15, 0.2) is 30.3 Å². The number of nitrogens with zero attached hydrogens (tertiary/aromatic N) is 5. The van der Waals surface area contributed by atoms with E-state index < -0.39 is 0 Å².